The molecule has 3 aromatic rings. The molecule has 1 aliphatic rings. The Bertz CT molecular complexity index is 1310. The Morgan fingerprint density at radius 1 is 1.13 bits per heavy atom. The van der Waals surface area contributed by atoms with Gasteiger partial charge in [-0.15, -0.1) is 0 Å². The number of aliphatic imine (C=N–C) groups is 1. The fraction of sp³-hybridized carbons (Fsp3) is 0.0476. The van der Waals surface area contributed by atoms with Crippen LogP contribution in [-0.4, -0.2) is 26.6 Å². The molecule has 0 bridgehead atoms. The van der Waals surface area contributed by atoms with E-state index in [1.54, 1.807) is 49.6 Å². The van der Waals surface area contributed by atoms with Gasteiger partial charge in [-0.05, 0) is 66.4 Å². The fourth-order valence-corrected chi connectivity index (χ4v) is 4.08. The molecule has 0 aliphatic carbocycles. The third-order valence-electron chi connectivity index (χ3n) is 4.32. The maximum atomic E-state index is 11.9. The van der Waals surface area contributed by atoms with Crippen LogP contribution >= 0.6 is 11.8 Å². The van der Waals surface area contributed by atoms with E-state index in [9.17, 15) is 13.2 Å². The van der Waals surface area contributed by atoms with Gasteiger partial charge >= 0.3 is 0 Å². The molecule has 0 radical (unpaired) electrons. The van der Waals surface area contributed by atoms with Crippen molar-refractivity contribution in [3.63, 3.8) is 0 Å². The van der Waals surface area contributed by atoms with Crippen LogP contribution in [0.4, 0.5) is 10.5 Å². The summed E-state index contributed by atoms with van der Waals surface area (Å²) in [7, 11) is -2.19. The van der Waals surface area contributed by atoms with E-state index < -0.39 is 10.0 Å². The number of nitrogens with zero attached hydrogens (tertiary/aromatic N) is 1. The first-order valence-corrected chi connectivity index (χ1v) is 11.3. The minimum Gasteiger partial charge on any atom is -0.497 e. The number of primary sulfonamides is 1. The molecule has 1 amide bonds. The number of rotatable bonds is 5. The van der Waals surface area contributed by atoms with E-state index in [0.717, 1.165) is 11.8 Å². The summed E-state index contributed by atoms with van der Waals surface area (Å²) < 4.78 is 33.8. The normalized spacial score (nSPS) is 16.6. The number of hydrogen-bond donors (Lipinski definition) is 2. The van der Waals surface area contributed by atoms with Crippen LogP contribution in [0.5, 0.6) is 5.75 Å². The topological polar surface area (TPSA) is 124 Å². The summed E-state index contributed by atoms with van der Waals surface area (Å²) in [4.78, 5) is 17.1. The third kappa shape index (κ3) is 4.88. The molecule has 2 heterocycles. The van der Waals surface area contributed by atoms with E-state index in [-0.39, 0.29) is 10.1 Å². The van der Waals surface area contributed by atoms with Crippen molar-refractivity contribution in [3.8, 4) is 17.1 Å². The summed E-state index contributed by atoms with van der Waals surface area (Å²) in [5, 5.41) is 7.61. The summed E-state index contributed by atoms with van der Waals surface area (Å²) >= 11 is 1.02. The molecule has 0 unspecified atom stereocenters. The predicted molar refractivity (Wildman–Crippen MR) is 120 cm³/mol. The number of thioether (sulfide) groups is 1. The van der Waals surface area contributed by atoms with Crippen LogP contribution in [0.25, 0.3) is 17.4 Å². The average Bonchev–Trinajstić information content (AvgIpc) is 3.34. The number of methoxy groups -OCH3 is 1. The first kappa shape index (κ1) is 20.9. The van der Waals surface area contributed by atoms with Crippen LogP contribution in [0.15, 0.2) is 79.9 Å². The van der Waals surface area contributed by atoms with Crippen LogP contribution < -0.4 is 15.2 Å². The van der Waals surface area contributed by atoms with Crippen LogP contribution in [0, 0.1) is 0 Å². The summed E-state index contributed by atoms with van der Waals surface area (Å²) in [5.74, 6) is 2.14. The molecular weight excluding hydrogens is 438 g/mol. The number of carbonyl (C=O) groups excluding carboxylic acids is 1. The van der Waals surface area contributed by atoms with Crippen molar-refractivity contribution in [2.75, 3.05) is 7.11 Å². The number of hydrogen-bond acceptors (Lipinski definition) is 7. The highest BCUT2D eigenvalue weighted by Crippen LogP contribution is 2.31. The molecule has 158 valence electrons. The number of amidine groups is 1. The molecular formula is C21H17N3O5S2. The largest absolute Gasteiger partial charge is 0.497 e. The standard InChI is InChI=1S/C21H17N3O5S2/c1-28-15-4-2-3-14(11-15)23-20-19(30-21(25)24-20)12-16-7-10-18(29-16)13-5-8-17(9-6-13)31(22,26)27/h2-12H,1H3,(H2,22,26,27)(H,23,24,25). The van der Waals surface area contributed by atoms with Crippen molar-refractivity contribution in [2.45, 2.75) is 4.90 Å². The van der Waals surface area contributed by atoms with Crippen molar-refractivity contribution in [2.24, 2.45) is 10.1 Å². The van der Waals surface area contributed by atoms with Gasteiger partial charge in [0, 0.05) is 11.6 Å². The molecule has 0 atom stereocenters. The highest BCUT2D eigenvalue weighted by molar-refractivity contribution is 8.18. The van der Waals surface area contributed by atoms with Crippen LogP contribution in [0.1, 0.15) is 5.76 Å². The molecule has 31 heavy (non-hydrogen) atoms. The Labute approximate surface area is 182 Å². The number of carbonyl (C=O) groups is 1. The van der Waals surface area contributed by atoms with Crippen molar-refractivity contribution in [3.05, 3.63) is 71.3 Å². The van der Waals surface area contributed by atoms with Gasteiger partial charge in [0.1, 0.15) is 23.1 Å². The summed E-state index contributed by atoms with van der Waals surface area (Å²) in [6, 6.07) is 16.7. The van der Waals surface area contributed by atoms with Crippen LogP contribution in [0.2, 0.25) is 0 Å². The number of ether oxygens (including phenoxy) is 1. The maximum Gasteiger partial charge on any atom is 0.289 e. The van der Waals surface area contributed by atoms with Gasteiger partial charge in [-0.25, -0.2) is 18.5 Å². The monoisotopic (exact) mass is 455 g/mol. The van der Waals surface area contributed by atoms with E-state index in [1.165, 1.54) is 12.1 Å². The molecule has 2 aromatic carbocycles. The highest BCUT2D eigenvalue weighted by atomic mass is 32.2. The van der Waals surface area contributed by atoms with E-state index in [2.05, 4.69) is 10.3 Å². The Hall–Kier alpha value is -3.34. The van der Waals surface area contributed by atoms with Crippen molar-refractivity contribution >= 4 is 44.6 Å². The molecule has 8 nitrogen and oxygen atoms in total. The lowest BCUT2D eigenvalue weighted by Gasteiger charge is -2.02. The lowest BCUT2D eigenvalue weighted by molar-refractivity contribution is 0.265. The van der Waals surface area contributed by atoms with Crippen LogP contribution in [-0.2, 0) is 10.0 Å². The summed E-state index contributed by atoms with van der Waals surface area (Å²) in [6.07, 6.45) is 1.71. The van der Waals surface area contributed by atoms with Gasteiger partial charge < -0.3 is 14.5 Å². The highest BCUT2D eigenvalue weighted by Gasteiger charge is 2.24. The van der Waals surface area contributed by atoms with Crippen LogP contribution in [0.3, 0.4) is 0 Å². The fourth-order valence-electron chi connectivity index (χ4n) is 2.85. The molecule has 10 heteroatoms. The smallest absolute Gasteiger partial charge is 0.289 e. The average molecular weight is 456 g/mol. The predicted octanol–water partition coefficient (Wildman–Crippen LogP) is 4.13. The number of sulfonamides is 1. The van der Waals surface area contributed by atoms with Gasteiger partial charge in [0.2, 0.25) is 10.0 Å². The molecule has 3 N–H and O–H groups in total. The number of benzene rings is 2. The Morgan fingerprint density at radius 3 is 2.61 bits per heavy atom. The maximum absolute atomic E-state index is 11.9. The second kappa shape index (κ2) is 8.42. The quantitative estimate of drug-likeness (QED) is 0.596. The number of furan rings is 1. The molecule has 0 saturated carbocycles. The van der Waals surface area contributed by atoms with Gasteiger partial charge in [-0.2, -0.15) is 0 Å². The van der Waals surface area contributed by atoms with Gasteiger partial charge in [-0.1, -0.05) is 6.07 Å². The number of amides is 1. The molecule has 0 spiro atoms. The van der Waals surface area contributed by atoms with Crippen molar-refractivity contribution < 1.29 is 22.4 Å². The first-order valence-electron chi connectivity index (χ1n) is 8.98. The first-order chi connectivity index (χ1) is 14.8. The van der Waals surface area contributed by atoms with Gasteiger partial charge in [-0.3, -0.25) is 4.79 Å². The molecule has 1 aromatic heterocycles. The molecule has 1 fully saturated rings. The second-order valence-corrected chi connectivity index (χ2v) is 9.03. The minimum atomic E-state index is -3.76. The van der Waals surface area contributed by atoms with E-state index >= 15 is 0 Å². The summed E-state index contributed by atoms with van der Waals surface area (Å²) in [6.45, 7) is 0. The zero-order chi connectivity index (χ0) is 22.0. The van der Waals surface area contributed by atoms with Gasteiger partial charge in [0.25, 0.3) is 5.24 Å². The summed E-state index contributed by atoms with van der Waals surface area (Å²) in [5.41, 5.74) is 1.33. The van der Waals surface area contributed by atoms with E-state index in [4.69, 9.17) is 14.3 Å². The van der Waals surface area contributed by atoms with E-state index in [0.29, 0.717) is 39.3 Å². The lowest BCUT2D eigenvalue weighted by Crippen LogP contribution is -2.18. The number of nitrogens with one attached hydrogen (secondary N) is 1. The Kier molecular flexibility index (Phi) is 5.68. The Morgan fingerprint density at radius 2 is 1.90 bits per heavy atom. The zero-order valence-corrected chi connectivity index (χ0v) is 17.9. The molecule has 1 aliphatic heterocycles. The van der Waals surface area contributed by atoms with Crippen molar-refractivity contribution in [1.82, 2.24) is 5.32 Å². The van der Waals surface area contributed by atoms with Gasteiger partial charge in [0.15, 0.2) is 0 Å². The van der Waals surface area contributed by atoms with Crippen molar-refractivity contribution in [1.29, 1.82) is 0 Å². The second-order valence-electron chi connectivity index (χ2n) is 6.46. The molecule has 1 saturated heterocycles. The Balaban J connectivity index is 1.61. The van der Waals surface area contributed by atoms with Gasteiger partial charge in [0.05, 0.1) is 22.6 Å². The minimum absolute atomic E-state index is 0.0236. The zero-order valence-electron chi connectivity index (χ0n) is 16.2. The SMILES string of the molecule is COc1cccc(N=C2NC(=O)SC2=Cc2ccc(-c3ccc(S(N)(=O)=O)cc3)o2)c1. The third-order valence-corrected chi connectivity index (χ3v) is 6.07. The number of nitrogens with two attached hydrogens (primary N) is 1. The van der Waals surface area contributed by atoms with E-state index in [1.807, 2.05) is 12.1 Å². The lowest BCUT2D eigenvalue weighted by atomic mass is 10.2. The molecule has 4 rings (SSSR count).